The molecule has 18 heteroatoms. The highest BCUT2D eigenvalue weighted by molar-refractivity contribution is 5.88. The van der Waals surface area contributed by atoms with Crippen molar-refractivity contribution in [2.45, 2.75) is 139 Å². The lowest BCUT2D eigenvalue weighted by Gasteiger charge is -2.42. The summed E-state index contributed by atoms with van der Waals surface area (Å²) >= 11 is 0. The number of unbranched alkanes of at least 4 members (excludes halogenated alkanes) is 5. The van der Waals surface area contributed by atoms with Crippen LogP contribution in [0.3, 0.4) is 0 Å². The van der Waals surface area contributed by atoms with Gasteiger partial charge in [-0.2, -0.15) is 0 Å². The van der Waals surface area contributed by atoms with Crippen molar-refractivity contribution >= 4 is 16.9 Å². The van der Waals surface area contributed by atoms with Crippen LogP contribution >= 0.6 is 0 Å². The number of carboxylic acid groups (broad SMARTS) is 1. The molecule has 11 N–H and O–H groups in total. The van der Waals surface area contributed by atoms with Crippen molar-refractivity contribution < 1.29 is 84.3 Å². The molecule has 2 aromatic carbocycles. The average Bonchev–Trinajstić information content (AvgIpc) is 3.24. The van der Waals surface area contributed by atoms with Crippen LogP contribution < -0.4 is 10.2 Å². The van der Waals surface area contributed by atoms with E-state index in [-0.39, 0.29) is 11.1 Å². The van der Waals surface area contributed by atoms with Gasteiger partial charge in [0.1, 0.15) is 65.2 Å². The molecule has 348 valence electrons. The highest BCUT2D eigenvalue weighted by Crippen LogP contribution is 2.39. The monoisotopic (exact) mass is 888 g/mol. The molecule has 2 aliphatic rings. The van der Waals surface area contributed by atoms with Crippen LogP contribution in [0.5, 0.6) is 28.7 Å². The molecule has 0 radical (unpaired) electrons. The zero-order chi connectivity index (χ0) is 46.2. The number of hydrogen-bond acceptors (Lipinski definition) is 17. The molecule has 0 bridgehead atoms. The van der Waals surface area contributed by atoms with Crippen LogP contribution in [-0.4, -0.2) is 130 Å². The van der Waals surface area contributed by atoms with Crippen LogP contribution in [0.2, 0.25) is 0 Å². The number of aliphatic hydroxyl groups excluding tert-OH is 6. The fourth-order valence-corrected chi connectivity index (χ4v) is 6.67. The number of carboxylic acids is 1. The molecule has 2 fully saturated rings. The molecule has 2 aliphatic heterocycles. The van der Waals surface area contributed by atoms with Crippen molar-refractivity contribution in [3.05, 3.63) is 77.0 Å². The number of rotatable bonds is 19. The molecule has 3 heterocycles. The summed E-state index contributed by atoms with van der Waals surface area (Å²) in [5, 5.41) is 110. The Balaban J connectivity index is 0.000000369. The Morgan fingerprint density at radius 2 is 1.32 bits per heavy atom. The molecule has 2 saturated heterocycles. The van der Waals surface area contributed by atoms with Crippen molar-refractivity contribution in [1.82, 2.24) is 0 Å². The summed E-state index contributed by atoms with van der Waals surface area (Å²) < 4.78 is 27.8. The van der Waals surface area contributed by atoms with Gasteiger partial charge in [-0.15, -0.1) is 0 Å². The van der Waals surface area contributed by atoms with E-state index in [4.69, 9.17) is 28.5 Å². The number of ether oxygens (including phenoxy) is 4. The summed E-state index contributed by atoms with van der Waals surface area (Å²) in [6, 6.07) is 5.24. The van der Waals surface area contributed by atoms with Crippen molar-refractivity contribution in [2.75, 3.05) is 6.61 Å². The van der Waals surface area contributed by atoms with E-state index in [1.54, 1.807) is 0 Å². The van der Waals surface area contributed by atoms with E-state index in [0.29, 0.717) is 6.42 Å². The molecule has 0 unspecified atom stereocenters. The van der Waals surface area contributed by atoms with Crippen LogP contribution in [0.15, 0.2) is 76.0 Å². The minimum atomic E-state index is -1.97. The highest BCUT2D eigenvalue weighted by atomic mass is 16.7. The first-order valence-electron chi connectivity index (χ1n) is 20.9. The van der Waals surface area contributed by atoms with Gasteiger partial charge in [-0.05, 0) is 70.1 Å². The summed E-state index contributed by atoms with van der Waals surface area (Å²) in [6.45, 7) is 3.05. The van der Waals surface area contributed by atoms with Crippen LogP contribution in [-0.2, 0) is 19.0 Å². The molecular formula is C45H60O18. The minimum Gasteiger partial charge on any atom is -0.508 e. The van der Waals surface area contributed by atoms with Gasteiger partial charge in [0, 0.05) is 24.1 Å². The van der Waals surface area contributed by atoms with Crippen molar-refractivity contribution in [1.29, 1.82) is 0 Å². The van der Waals surface area contributed by atoms with E-state index in [9.17, 15) is 60.7 Å². The van der Waals surface area contributed by atoms with Crippen LogP contribution in [0, 0.1) is 0 Å². The van der Waals surface area contributed by atoms with E-state index in [2.05, 4.69) is 43.4 Å². The molecule has 10 atom stereocenters. The van der Waals surface area contributed by atoms with Gasteiger partial charge in [0.25, 0.3) is 0 Å². The third kappa shape index (κ3) is 14.2. The second kappa shape index (κ2) is 24.7. The normalized spacial score (nSPS) is 26.3. The lowest BCUT2D eigenvalue weighted by Crippen LogP contribution is -2.61. The fraction of sp³-hybridized carbons (Fsp3) is 0.511. The minimum absolute atomic E-state index is 0.0313. The average molecular weight is 889 g/mol. The number of carbonyl (C=O) groups is 1. The molecule has 0 spiro atoms. The Morgan fingerprint density at radius 1 is 0.698 bits per heavy atom. The number of aliphatic hydroxyl groups is 6. The topological polar surface area (TPSA) is 307 Å². The summed E-state index contributed by atoms with van der Waals surface area (Å²) in [4.78, 5) is 23.9. The van der Waals surface area contributed by atoms with Gasteiger partial charge in [-0.1, -0.05) is 56.2 Å². The first-order valence-corrected chi connectivity index (χ1v) is 20.9. The second-order valence-electron chi connectivity index (χ2n) is 15.3. The standard InChI is InChI=1S/C27H30O16.C18H30O2/c1-8-17(32)20(35)22(37)26(40-8)39-7-15-18(33)21(36)23(38)27(42-15)43-25-19(34)16-13(31)5-10(28)6-14(16)41-24(25)9-2-3-11(29)12(30)4-9;1-2-3-4-5-6-7-8-9-10-11-12-13-14-15-16-17-18(19)20/h2-6,8,15,17-18,20-23,26-33,35-38H,7H2,1H3;6-7,9-10,12-13H,2-5,8,11,14-17H2,1H3,(H,19,20)/b;7-6-,10-9-,13-12-/t8-,15+,17-,18+,20+,21-,22+,23+,26+,27-;/m0./s1. The number of phenolic OH excluding ortho intramolecular Hbond substituents is 4. The Morgan fingerprint density at radius 3 is 1.95 bits per heavy atom. The molecule has 18 nitrogen and oxygen atoms in total. The predicted octanol–water partition coefficient (Wildman–Crippen LogP) is 3.97. The first-order chi connectivity index (χ1) is 30.0. The number of fused-ring (bicyclic) bond motifs is 1. The van der Waals surface area contributed by atoms with Crippen molar-refractivity contribution in [2.24, 2.45) is 0 Å². The molecule has 0 saturated carbocycles. The van der Waals surface area contributed by atoms with E-state index < -0.39 is 119 Å². The van der Waals surface area contributed by atoms with Gasteiger partial charge in [-0.25, -0.2) is 0 Å². The number of benzene rings is 2. The molecular weight excluding hydrogens is 828 g/mol. The Kier molecular flexibility index (Phi) is 19.9. The van der Waals surface area contributed by atoms with E-state index in [1.165, 1.54) is 38.7 Å². The summed E-state index contributed by atoms with van der Waals surface area (Å²) in [6.07, 6.45) is 7.20. The number of aromatic hydroxyl groups is 4. The molecule has 0 amide bonds. The third-order valence-corrected chi connectivity index (χ3v) is 10.3. The summed E-state index contributed by atoms with van der Waals surface area (Å²) in [5.74, 6) is -4.03. The second-order valence-corrected chi connectivity index (χ2v) is 15.3. The van der Waals surface area contributed by atoms with Gasteiger partial charge in [-0.3, -0.25) is 9.59 Å². The largest absolute Gasteiger partial charge is 0.508 e. The zero-order valence-corrected chi connectivity index (χ0v) is 35.2. The number of hydrogen-bond donors (Lipinski definition) is 11. The van der Waals surface area contributed by atoms with Gasteiger partial charge in [0.15, 0.2) is 23.5 Å². The lowest BCUT2D eigenvalue weighted by atomic mass is 9.98. The zero-order valence-electron chi connectivity index (χ0n) is 35.2. The SMILES string of the molecule is CCCCC/C=C\C/C=C\C/C=C\CCCCC(=O)O.C[C@@H]1O[C@@H](OC[C@H]2O[C@@H](Oc3c(-c4ccc(O)c(O)c4)oc4cc(O)cc(O)c4c3=O)[C@H](O)[C@@H](O)[C@@H]2O)[C@H](O)[C@H](O)[C@H]1O. The predicted molar refractivity (Wildman–Crippen MR) is 227 cm³/mol. The van der Waals surface area contributed by atoms with Crippen LogP contribution in [0.1, 0.15) is 78.1 Å². The van der Waals surface area contributed by atoms with Crippen molar-refractivity contribution in [3.63, 3.8) is 0 Å². The van der Waals surface area contributed by atoms with Crippen LogP contribution in [0.25, 0.3) is 22.3 Å². The molecule has 1 aromatic heterocycles. The number of allylic oxidation sites excluding steroid dienone is 6. The first kappa shape index (κ1) is 50.6. The maximum Gasteiger partial charge on any atom is 0.303 e. The van der Waals surface area contributed by atoms with Gasteiger partial charge < -0.3 is 79.5 Å². The van der Waals surface area contributed by atoms with Crippen molar-refractivity contribution in [3.8, 4) is 40.1 Å². The Bertz CT molecular complexity index is 2060. The Labute approximate surface area is 363 Å². The molecule has 5 rings (SSSR count). The maximum atomic E-state index is 13.6. The lowest BCUT2D eigenvalue weighted by molar-refractivity contribution is -0.318. The summed E-state index contributed by atoms with van der Waals surface area (Å²) in [5.41, 5.74) is -1.35. The van der Waals surface area contributed by atoms with Gasteiger partial charge in [0.2, 0.25) is 17.5 Å². The third-order valence-electron chi connectivity index (χ3n) is 10.3. The van der Waals surface area contributed by atoms with Gasteiger partial charge >= 0.3 is 5.97 Å². The molecule has 0 aliphatic carbocycles. The number of phenols is 4. The maximum absolute atomic E-state index is 13.6. The fourth-order valence-electron chi connectivity index (χ4n) is 6.67. The number of aliphatic carboxylic acids is 1. The van der Waals surface area contributed by atoms with E-state index in [0.717, 1.165) is 56.4 Å². The van der Waals surface area contributed by atoms with E-state index >= 15 is 0 Å². The van der Waals surface area contributed by atoms with Gasteiger partial charge in [0.05, 0.1) is 12.7 Å². The van der Waals surface area contributed by atoms with E-state index in [1.807, 2.05) is 0 Å². The van der Waals surface area contributed by atoms with Crippen LogP contribution in [0.4, 0.5) is 0 Å². The molecule has 3 aromatic rings. The highest BCUT2D eigenvalue weighted by Gasteiger charge is 2.48. The smallest absolute Gasteiger partial charge is 0.303 e. The Hall–Kier alpha value is -5.02. The molecule has 63 heavy (non-hydrogen) atoms. The summed E-state index contributed by atoms with van der Waals surface area (Å²) in [7, 11) is 0. The quantitative estimate of drug-likeness (QED) is 0.0461.